The molecule has 198 valence electrons. The number of nitrogens with zero attached hydrogens (tertiary/aromatic N) is 2. The number of hydrogen-bond acceptors (Lipinski definition) is 3. The number of benzene rings is 3. The molecule has 5 aromatic rings. The number of anilines is 1. The fourth-order valence-electron chi connectivity index (χ4n) is 4.44. The molecule has 0 saturated carbocycles. The van der Waals surface area contributed by atoms with E-state index in [9.17, 15) is 26.7 Å². The number of aromatic nitrogens is 2. The van der Waals surface area contributed by atoms with Crippen LogP contribution < -0.4 is 11.1 Å². The first kappa shape index (κ1) is 26.1. The third kappa shape index (κ3) is 4.86. The fourth-order valence-corrected chi connectivity index (χ4v) is 4.44. The molecule has 10 heteroatoms. The first-order valence-electron chi connectivity index (χ1n) is 11.8. The molecule has 5 rings (SSSR count). The number of alkyl halides is 3. The van der Waals surface area contributed by atoms with Crippen molar-refractivity contribution >= 4 is 17.2 Å². The number of aryl methyl sites for hydroxylation is 1. The molecule has 3 aromatic carbocycles. The summed E-state index contributed by atoms with van der Waals surface area (Å²) in [6.07, 6.45) is -3.22. The summed E-state index contributed by atoms with van der Waals surface area (Å²) in [5, 5.41) is 2.52. The van der Waals surface area contributed by atoms with Crippen LogP contribution in [-0.2, 0) is 12.7 Å². The average Bonchev–Trinajstić information content (AvgIpc) is 3.29. The van der Waals surface area contributed by atoms with E-state index in [2.05, 4.69) is 10.3 Å². The van der Waals surface area contributed by atoms with Gasteiger partial charge in [0.25, 0.3) is 5.91 Å². The third-order valence-corrected chi connectivity index (χ3v) is 6.31. The topological polar surface area (TPSA) is 72.4 Å². The second-order valence-corrected chi connectivity index (χ2v) is 8.91. The Balaban J connectivity index is 1.67. The van der Waals surface area contributed by atoms with Crippen LogP contribution in [0.3, 0.4) is 0 Å². The molecular formula is C29H21F5N4O. The van der Waals surface area contributed by atoms with Gasteiger partial charge in [-0.2, -0.15) is 13.2 Å². The van der Waals surface area contributed by atoms with Crippen molar-refractivity contribution in [3.05, 3.63) is 113 Å². The molecule has 0 unspecified atom stereocenters. The van der Waals surface area contributed by atoms with Gasteiger partial charge in [-0.05, 0) is 61.0 Å². The standard InChI is InChI=1S/C29H21F5N4O/c1-16-7-10-18(11-8-16)36-28(39)21-14-17(9-12-22(21)29(32,33)34)19-5-3-13-38-26(24(15-35)37-27(19)38)20-4-2-6-23(30)25(20)31/h2-14H,15,35H2,1H3,(H,36,39). The molecule has 5 nitrogen and oxygen atoms in total. The van der Waals surface area contributed by atoms with E-state index in [4.69, 9.17) is 5.73 Å². The van der Waals surface area contributed by atoms with Gasteiger partial charge in [-0.1, -0.05) is 29.8 Å². The highest BCUT2D eigenvalue weighted by Gasteiger charge is 2.35. The summed E-state index contributed by atoms with van der Waals surface area (Å²) < 4.78 is 71.9. The molecule has 0 radical (unpaired) electrons. The Labute approximate surface area is 219 Å². The van der Waals surface area contributed by atoms with E-state index in [-0.39, 0.29) is 34.7 Å². The second kappa shape index (κ2) is 9.95. The van der Waals surface area contributed by atoms with E-state index in [1.54, 1.807) is 42.6 Å². The molecule has 0 atom stereocenters. The van der Waals surface area contributed by atoms with E-state index in [1.165, 1.54) is 22.6 Å². The smallest absolute Gasteiger partial charge is 0.325 e. The molecule has 0 aliphatic carbocycles. The van der Waals surface area contributed by atoms with Gasteiger partial charge in [0.2, 0.25) is 0 Å². The molecule has 1 amide bonds. The number of nitrogens with two attached hydrogens (primary N) is 1. The molecule has 2 aromatic heterocycles. The molecule has 0 saturated heterocycles. The van der Waals surface area contributed by atoms with E-state index in [0.29, 0.717) is 11.3 Å². The van der Waals surface area contributed by atoms with Crippen molar-refractivity contribution in [2.45, 2.75) is 19.6 Å². The van der Waals surface area contributed by atoms with Crippen molar-refractivity contribution < 1.29 is 26.7 Å². The Morgan fingerprint density at radius 2 is 1.69 bits per heavy atom. The van der Waals surface area contributed by atoms with Crippen molar-refractivity contribution in [1.82, 2.24) is 9.38 Å². The number of halogens is 5. The van der Waals surface area contributed by atoms with Crippen molar-refractivity contribution in [3.8, 4) is 22.4 Å². The van der Waals surface area contributed by atoms with Gasteiger partial charge in [0, 0.05) is 29.6 Å². The highest BCUT2D eigenvalue weighted by Crippen LogP contribution is 2.37. The lowest BCUT2D eigenvalue weighted by atomic mass is 9.98. The van der Waals surface area contributed by atoms with Gasteiger partial charge in [-0.3, -0.25) is 9.20 Å². The molecule has 39 heavy (non-hydrogen) atoms. The first-order valence-corrected chi connectivity index (χ1v) is 11.8. The first-order chi connectivity index (χ1) is 18.6. The lowest BCUT2D eigenvalue weighted by Gasteiger charge is -2.15. The van der Waals surface area contributed by atoms with Crippen LogP contribution in [-0.4, -0.2) is 15.3 Å². The second-order valence-electron chi connectivity index (χ2n) is 8.91. The van der Waals surface area contributed by atoms with Gasteiger partial charge in [0.1, 0.15) is 5.65 Å². The van der Waals surface area contributed by atoms with Crippen molar-refractivity contribution in [2.24, 2.45) is 5.73 Å². The highest BCUT2D eigenvalue weighted by molar-refractivity contribution is 6.06. The van der Waals surface area contributed by atoms with Crippen molar-refractivity contribution in [1.29, 1.82) is 0 Å². The molecule has 0 spiro atoms. The Morgan fingerprint density at radius 3 is 2.38 bits per heavy atom. The number of fused-ring (bicyclic) bond motifs is 1. The van der Waals surface area contributed by atoms with Crippen LogP contribution in [0.1, 0.15) is 27.2 Å². The summed E-state index contributed by atoms with van der Waals surface area (Å²) in [5.41, 5.74) is 6.76. The molecule has 0 fully saturated rings. The van der Waals surface area contributed by atoms with E-state index < -0.39 is 34.8 Å². The van der Waals surface area contributed by atoms with Crippen LogP contribution in [0.5, 0.6) is 0 Å². The summed E-state index contributed by atoms with van der Waals surface area (Å²) in [5.74, 6) is -3.06. The van der Waals surface area contributed by atoms with Gasteiger partial charge in [0.15, 0.2) is 11.6 Å². The van der Waals surface area contributed by atoms with Crippen LogP contribution in [0.4, 0.5) is 27.6 Å². The summed E-state index contributed by atoms with van der Waals surface area (Å²) >= 11 is 0. The number of amides is 1. The van der Waals surface area contributed by atoms with E-state index in [0.717, 1.165) is 23.8 Å². The zero-order chi connectivity index (χ0) is 27.9. The highest BCUT2D eigenvalue weighted by atomic mass is 19.4. The predicted octanol–water partition coefficient (Wildman–Crippen LogP) is 6.98. The zero-order valence-corrected chi connectivity index (χ0v) is 20.5. The van der Waals surface area contributed by atoms with E-state index >= 15 is 0 Å². The summed E-state index contributed by atoms with van der Waals surface area (Å²) in [7, 11) is 0. The maximum Gasteiger partial charge on any atom is 0.417 e. The van der Waals surface area contributed by atoms with Crippen LogP contribution >= 0.6 is 0 Å². The lowest BCUT2D eigenvalue weighted by Crippen LogP contribution is -2.19. The van der Waals surface area contributed by atoms with E-state index in [1.807, 2.05) is 6.92 Å². The van der Waals surface area contributed by atoms with Crippen molar-refractivity contribution in [2.75, 3.05) is 5.32 Å². The third-order valence-electron chi connectivity index (χ3n) is 6.31. The Kier molecular flexibility index (Phi) is 6.65. The lowest BCUT2D eigenvalue weighted by molar-refractivity contribution is -0.137. The number of hydrogen-bond donors (Lipinski definition) is 2. The molecule has 2 heterocycles. The predicted molar refractivity (Wildman–Crippen MR) is 138 cm³/mol. The number of nitrogens with one attached hydrogen (secondary N) is 1. The number of rotatable bonds is 5. The fraction of sp³-hybridized carbons (Fsp3) is 0.103. The minimum Gasteiger partial charge on any atom is -0.325 e. The Hall–Kier alpha value is -4.57. The molecule has 0 aliphatic heterocycles. The number of carbonyl (C=O) groups is 1. The van der Waals surface area contributed by atoms with Crippen molar-refractivity contribution in [3.63, 3.8) is 0 Å². The number of pyridine rings is 1. The summed E-state index contributed by atoms with van der Waals surface area (Å²) in [6, 6.07) is 16.8. The van der Waals surface area contributed by atoms with Crippen LogP contribution in [0.15, 0.2) is 79.0 Å². The number of imidazole rings is 1. The maximum atomic E-state index is 14.7. The quantitative estimate of drug-likeness (QED) is 0.238. The monoisotopic (exact) mass is 536 g/mol. The molecule has 0 bridgehead atoms. The molecular weight excluding hydrogens is 515 g/mol. The number of carbonyl (C=O) groups excluding carboxylic acids is 1. The Bertz CT molecular complexity index is 1710. The van der Waals surface area contributed by atoms with Crippen LogP contribution in [0.2, 0.25) is 0 Å². The average molecular weight is 537 g/mol. The SMILES string of the molecule is Cc1ccc(NC(=O)c2cc(-c3cccn4c(-c5cccc(F)c5F)c(CN)nc34)ccc2C(F)(F)F)cc1. The summed E-state index contributed by atoms with van der Waals surface area (Å²) in [6.45, 7) is 1.74. The van der Waals surface area contributed by atoms with Gasteiger partial charge >= 0.3 is 6.18 Å². The van der Waals surface area contributed by atoms with Gasteiger partial charge in [-0.25, -0.2) is 13.8 Å². The molecule has 3 N–H and O–H groups in total. The minimum atomic E-state index is -4.79. The zero-order valence-electron chi connectivity index (χ0n) is 20.5. The minimum absolute atomic E-state index is 0.0642. The Morgan fingerprint density at radius 1 is 0.974 bits per heavy atom. The van der Waals surface area contributed by atoms with Gasteiger partial charge in [0.05, 0.1) is 22.5 Å². The van der Waals surface area contributed by atoms with Gasteiger partial charge < -0.3 is 11.1 Å². The maximum absolute atomic E-state index is 14.7. The molecule has 0 aliphatic rings. The van der Waals surface area contributed by atoms with Crippen LogP contribution in [0.25, 0.3) is 28.0 Å². The van der Waals surface area contributed by atoms with Crippen LogP contribution in [0, 0.1) is 18.6 Å². The normalized spacial score (nSPS) is 11.7. The summed E-state index contributed by atoms with van der Waals surface area (Å²) in [4.78, 5) is 17.5. The largest absolute Gasteiger partial charge is 0.417 e. The van der Waals surface area contributed by atoms with Gasteiger partial charge in [-0.15, -0.1) is 0 Å².